The van der Waals surface area contributed by atoms with Crippen molar-refractivity contribution in [3.8, 4) is 0 Å². The van der Waals surface area contributed by atoms with Crippen molar-refractivity contribution in [1.29, 1.82) is 0 Å². The van der Waals surface area contributed by atoms with Crippen LogP contribution in [0.25, 0.3) is 0 Å². The minimum atomic E-state index is -3.68. The maximum atomic E-state index is 11.3. The molecule has 0 spiro atoms. The number of carboxylic acid groups (broad SMARTS) is 1. The summed E-state index contributed by atoms with van der Waals surface area (Å²) < 4.78 is 24.9. The van der Waals surface area contributed by atoms with Gasteiger partial charge in [-0.1, -0.05) is 6.42 Å². The summed E-state index contributed by atoms with van der Waals surface area (Å²) in [4.78, 5) is 12.4. The molecule has 0 aromatic carbocycles. The molecule has 2 N–H and O–H groups in total. The molecule has 1 unspecified atom stereocenters. The van der Waals surface area contributed by atoms with E-state index in [-0.39, 0.29) is 6.04 Å². The summed E-state index contributed by atoms with van der Waals surface area (Å²) in [6.07, 6.45) is 3.18. The normalized spacial score (nSPS) is 23.2. The first-order chi connectivity index (χ1) is 7.41. The predicted molar refractivity (Wildman–Crippen MR) is 59.7 cm³/mol. The Morgan fingerprint density at radius 3 is 2.75 bits per heavy atom. The molecular weight excluding hydrogens is 232 g/mol. The van der Waals surface area contributed by atoms with Gasteiger partial charge in [-0.05, 0) is 26.4 Å². The van der Waals surface area contributed by atoms with E-state index in [1.54, 1.807) is 0 Å². The lowest BCUT2D eigenvalue weighted by Crippen LogP contribution is -2.45. The molecular formula is C9H18N2O4S. The molecule has 0 aromatic heterocycles. The number of nitrogens with zero attached hydrogens (tertiary/aromatic N) is 1. The van der Waals surface area contributed by atoms with E-state index in [1.807, 2.05) is 7.05 Å². The maximum absolute atomic E-state index is 11.3. The molecule has 94 valence electrons. The molecule has 0 bridgehead atoms. The van der Waals surface area contributed by atoms with Gasteiger partial charge in [0, 0.05) is 12.6 Å². The highest BCUT2D eigenvalue weighted by molar-refractivity contribution is 7.90. The molecule has 7 heteroatoms. The van der Waals surface area contributed by atoms with Crippen LogP contribution in [0, 0.1) is 0 Å². The highest BCUT2D eigenvalue weighted by Gasteiger charge is 2.22. The summed E-state index contributed by atoms with van der Waals surface area (Å²) in [5.41, 5.74) is 0. The van der Waals surface area contributed by atoms with Crippen LogP contribution in [0.2, 0.25) is 0 Å². The lowest BCUT2D eigenvalue weighted by molar-refractivity contribution is -0.134. The lowest BCUT2D eigenvalue weighted by atomic mass is 10.0. The number of rotatable bonds is 5. The van der Waals surface area contributed by atoms with Gasteiger partial charge < -0.3 is 10.0 Å². The average molecular weight is 250 g/mol. The van der Waals surface area contributed by atoms with E-state index in [2.05, 4.69) is 9.62 Å². The number of carbonyl (C=O) groups is 1. The van der Waals surface area contributed by atoms with Crippen LogP contribution in [0.3, 0.4) is 0 Å². The minimum Gasteiger partial charge on any atom is -0.480 e. The van der Waals surface area contributed by atoms with Gasteiger partial charge in [0.25, 0.3) is 0 Å². The minimum absolute atomic E-state index is 0.178. The van der Waals surface area contributed by atoms with E-state index in [0.29, 0.717) is 6.54 Å². The molecule has 16 heavy (non-hydrogen) atoms. The topological polar surface area (TPSA) is 86.7 Å². The van der Waals surface area contributed by atoms with Crippen LogP contribution >= 0.6 is 0 Å². The molecule has 1 saturated heterocycles. The van der Waals surface area contributed by atoms with E-state index < -0.39 is 21.7 Å². The number of hydrogen-bond donors (Lipinski definition) is 2. The summed E-state index contributed by atoms with van der Waals surface area (Å²) in [6, 6.07) is 0.178. The van der Waals surface area contributed by atoms with Gasteiger partial charge >= 0.3 is 5.97 Å². The zero-order chi connectivity index (χ0) is 12.2. The van der Waals surface area contributed by atoms with Gasteiger partial charge in [-0.25, -0.2) is 13.1 Å². The van der Waals surface area contributed by atoms with E-state index in [0.717, 1.165) is 25.8 Å². The molecule has 0 saturated carbocycles. The molecule has 6 nitrogen and oxygen atoms in total. The Labute approximate surface area is 95.7 Å². The lowest BCUT2D eigenvalue weighted by Gasteiger charge is -2.32. The van der Waals surface area contributed by atoms with Crippen LogP contribution < -0.4 is 4.72 Å². The number of hydrogen-bond acceptors (Lipinski definition) is 4. The van der Waals surface area contributed by atoms with E-state index in [9.17, 15) is 13.2 Å². The maximum Gasteiger partial charge on any atom is 0.320 e. The van der Waals surface area contributed by atoms with Crippen molar-refractivity contribution in [3.05, 3.63) is 0 Å². The second kappa shape index (κ2) is 5.60. The quantitative estimate of drug-likeness (QED) is 0.685. The summed E-state index contributed by atoms with van der Waals surface area (Å²) in [7, 11) is -1.73. The highest BCUT2D eigenvalue weighted by Crippen LogP contribution is 2.14. The number of aliphatic carboxylic acids is 1. The standard InChI is InChI=1S/C9H18N2O4S/c1-11-5-3-2-4-8(11)6-10-16(14,15)7-9(12)13/h8,10H,2-7H2,1H3,(H,12,13). The first-order valence-electron chi connectivity index (χ1n) is 5.30. The van der Waals surface area contributed by atoms with Crippen LogP contribution in [0.15, 0.2) is 0 Å². The Bertz CT molecular complexity index is 341. The summed E-state index contributed by atoms with van der Waals surface area (Å²) in [5.74, 6) is -2.19. The van der Waals surface area contributed by atoms with Gasteiger partial charge in [-0.2, -0.15) is 0 Å². The number of carboxylic acids is 1. The molecule has 0 aliphatic carbocycles. The third-order valence-corrected chi connectivity index (χ3v) is 4.01. The smallest absolute Gasteiger partial charge is 0.320 e. The van der Waals surface area contributed by atoms with Crippen LogP contribution in [-0.2, 0) is 14.8 Å². The second-order valence-electron chi connectivity index (χ2n) is 4.13. The van der Waals surface area contributed by atoms with Crippen molar-refractivity contribution in [3.63, 3.8) is 0 Å². The van der Waals surface area contributed by atoms with Gasteiger partial charge in [0.05, 0.1) is 0 Å². The number of sulfonamides is 1. The number of nitrogens with one attached hydrogen (secondary N) is 1. The Morgan fingerprint density at radius 2 is 2.19 bits per heavy atom. The van der Waals surface area contributed by atoms with Gasteiger partial charge in [0.15, 0.2) is 5.75 Å². The molecule has 1 atom stereocenters. The number of likely N-dealkylation sites (N-methyl/N-ethyl adjacent to an activating group) is 1. The largest absolute Gasteiger partial charge is 0.480 e. The molecule has 1 rings (SSSR count). The fourth-order valence-electron chi connectivity index (χ4n) is 1.84. The fraction of sp³-hybridized carbons (Fsp3) is 0.889. The van der Waals surface area contributed by atoms with E-state index in [1.165, 1.54) is 0 Å². The van der Waals surface area contributed by atoms with Gasteiger partial charge in [0.2, 0.25) is 10.0 Å². The van der Waals surface area contributed by atoms with Crippen molar-refractivity contribution >= 4 is 16.0 Å². The summed E-state index contributed by atoms with van der Waals surface area (Å²) >= 11 is 0. The molecule has 0 aromatic rings. The molecule has 1 aliphatic rings. The predicted octanol–water partition coefficient (Wildman–Crippen LogP) is -0.525. The summed E-state index contributed by atoms with van der Waals surface area (Å²) in [6.45, 7) is 1.26. The van der Waals surface area contributed by atoms with E-state index >= 15 is 0 Å². The Kier molecular flexibility index (Phi) is 4.69. The van der Waals surface area contributed by atoms with Gasteiger partial charge in [0.1, 0.15) is 0 Å². The monoisotopic (exact) mass is 250 g/mol. The highest BCUT2D eigenvalue weighted by atomic mass is 32.2. The van der Waals surface area contributed by atoms with Gasteiger partial charge in [-0.3, -0.25) is 4.79 Å². The molecule has 1 aliphatic heterocycles. The number of likely N-dealkylation sites (tertiary alicyclic amines) is 1. The average Bonchev–Trinajstić information content (AvgIpc) is 2.14. The first kappa shape index (κ1) is 13.4. The van der Waals surface area contributed by atoms with Crippen molar-refractivity contribution in [1.82, 2.24) is 9.62 Å². The van der Waals surface area contributed by atoms with Crippen molar-refractivity contribution < 1.29 is 18.3 Å². The zero-order valence-electron chi connectivity index (χ0n) is 9.35. The van der Waals surface area contributed by atoms with Crippen LogP contribution in [0.4, 0.5) is 0 Å². The Hall–Kier alpha value is -0.660. The summed E-state index contributed by atoms with van der Waals surface area (Å²) in [5, 5.41) is 8.41. The molecule has 1 heterocycles. The van der Waals surface area contributed by atoms with Crippen LogP contribution in [0.5, 0.6) is 0 Å². The Morgan fingerprint density at radius 1 is 1.50 bits per heavy atom. The molecule has 0 radical (unpaired) electrons. The third-order valence-electron chi connectivity index (χ3n) is 2.77. The Balaban J connectivity index is 2.41. The van der Waals surface area contributed by atoms with Crippen LogP contribution in [0.1, 0.15) is 19.3 Å². The molecule has 0 amide bonds. The van der Waals surface area contributed by atoms with Crippen molar-refractivity contribution in [2.24, 2.45) is 0 Å². The SMILES string of the molecule is CN1CCCCC1CNS(=O)(=O)CC(=O)O. The fourth-order valence-corrected chi connectivity index (χ4v) is 2.71. The van der Waals surface area contributed by atoms with Crippen LogP contribution in [-0.4, -0.2) is 56.3 Å². The number of piperidine rings is 1. The van der Waals surface area contributed by atoms with Crippen molar-refractivity contribution in [2.75, 3.05) is 25.9 Å². The second-order valence-corrected chi connectivity index (χ2v) is 5.94. The zero-order valence-corrected chi connectivity index (χ0v) is 10.2. The van der Waals surface area contributed by atoms with Crippen molar-refractivity contribution in [2.45, 2.75) is 25.3 Å². The van der Waals surface area contributed by atoms with Gasteiger partial charge in [-0.15, -0.1) is 0 Å². The van der Waals surface area contributed by atoms with E-state index in [4.69, 9.17) is 5.11 Å². The first-order valence-corrected chi connectivity index (χ1v) is 6.95. The third kappa shape index (κ3) is 4.46. The molecule has 1 fully saturated rings.